The zero-order valence-electron chi connectivity index (χ0n) is 9.05. The summed E-state index contributed by atoms with van der Waals surface area (Å²) in [5, 5.41) is 0. The number of aromatic nitrogens is 1. The molecule has 16 heavy (non-hydrogen) atoms. The van der Waals surface area contributed by atoms with Gasteiger partial charge in [-0.3, -0.25) is 0 Å². The van der Waals surface area contributed by atoms with Gasteiger partial charge in [-0.25, -0.2) is 4.79 Å². The molecule has 0 bridgehead atoms. The summed E-state index contributed by atoms with van der Waals surface area (Å²) in [6.45, 7) is 5.55. The van der Waals surface area contributed by atoms with E-state index in [-0.39, 0.29) is 12.4 Å². The van der Waals surface area contributed by atoms with Gasteiger partial charge in [-0.1, -0.05) is 42.6 Å². The molecular formula is C12H13NO2S. The molecule has 1 aromatic rings. The van der Waals surface area contributed by atoms with Crippen LogP contribution in [-0.2, 0) is 4.79 Å². The number of hydrogen-bond acceptors (Lipinski definition) is 3. The smallest absolute Gasteiger partial charge is 0.335 e. The van der Waals surface area contributed by atoms with E-state index in [9.17, 15) is 4.79 Å². The van der Waals surface area contributed by atoms with Gasteiger partial charge in [-0.05, 0) is 19.1 Å². The Balaban J connectivity index is 2.56. The third kappa shape index (κ3) is 4.23. The molecule has 0 aliphatic heterocycles. The standard InChI is InChI=1S/C12H13NO2S/c1-10(2)6-5-8-12(14)15-13-9-4-3-7-11(13)16/h3-7,9H,1,8H2,2H3/b6-5+. The van der Waals surface area contributed by atoms with Crippen LogP contribution in [0.5, 0.6) is 0 Å². The lowest BCUT2D eigenvalue weighted by molar-refractivity contribution is -0.143. The first-order chi connectivity index (χ1) is 7.59. The van der Waals surface area contributed by atoms with Crippen LogP contribution in [0.25, 0.3) is 0 Å². The van der Waals surface area contributed by atoms with E-state index < -0.39 is 0 Å². The quantitative estimate of drug-likeness (QED) is 0.594. The van der Waals surface area contributed by atoms with E-state index in [4.69, 9.17) is 17.1 Å². The van der Waals surface area contributed by atoms with E-state index in [1.54, 1.807) is 36.5 Å². The van der Waals surface area contributed by atoms with Gasteiger partial charge in [0.25, 0.3) is 0 Å². The number of allylic oxidation sites excluding steroid dienone is 2. The largest absolute Gasteiger partial charge is 0.336 e. The molecule has 0 fully saturated rings. The van der Waals surface area contributed by atoms with Crippen molar-refractivity contribution in [1.82, 2.24) is 4.73 Å². The Bertz CT molecular complexity index is 474. The van der Waals surface area contributed by atoms with Gasteiger partial charge in [0.05, 0.1) is 6.42 Å². The molecule has 1 heterocycles. The Kier molecular flexibility index (Phi) is 4.66. The fourth-order valence-corrected chi connectivity index (χ4v) is 1.17. The maximum absolute atomic E-state index is 11.4. The normalized spacial score (nSPS) is 10.3. The highest BCUT2D eigenvalue weighted by molar-refractivity contribution is 7.71. The van der Waals surface area contributed by atoms with Gasteiger partial charge in [-0.2, -0.15) is 4.73 Å². The van der Waals surface area contributed by atoms with Gasteiger partial charge >= 0.3 is 5.97 Å². The van der Waals surface area contributed by atoms with E-state index in [1.807, 2.05) is 6.92 Å². The molecule has 0 aromatic carbocycles. The van der Waals surface area contributed by atoms with E-state index in [0.29, 0.717) is 4.64 Å². The lowest BCUT2D eigenvalue weighted by atomic mass is 10.3. The van der Waals surface area contributed by atoms with Crippen molar-refractivity contribution in [2.24, 2.45) is 0 Å². The first-order valence-corrected chi connectivity index (χ1v) is 5.21. The van der Waals surface area contributed by atoms with Crippen LogP contribution in [0.4, 0.5) is 0 Å². The molecule has 0 aliphatic rings. The van der Waals surface area contributed by atoms with Crippen molar-refractivity contribution < 1.29 is 9.63 Å². The minimum atomic E-state index is -0.361. The minimum absolute atomic E-state index is 0.198. The molecule has 0 aliphatic carbocycles. The average Bonchev–Trinajstić information content (AvgIpc) is 2.21. The molecule has 0 saturated carbocycles. The Morgan fingerprint density at radius 1 is 1.62 bits per heavy atom. The molecular weight excluding hydrogens is 222 g/mol. The Hall–Kier alpha value is -1.68. The molecule has 3 nitrogen and oxygen atoms in total. The number of nitrogens with zero attached hydrogens (tertiary/aromatic N) is 1. The second-order valence-electron chi connectivity index (χ2n) is 3.28. The minimum Gasteiger partial charge on any atom is -0.335 e. The lowest BCUT2D eigenvalue weighted by Crippen LogP contribution is -2.19. The van der Waals surface area contributed by atoms with Crippen LogP contribution in [0, 0.1) is 4.64 Å². The monoisotopic (exact) mass is 235 g/mol. The average molecular weight is 235 g/mol. The van der Waals surface area contributed by atoms with Gasteiger partial charge < -0.3 is 4.84 Å². The van der Waals surface area contributed by atoms with Gasteiger partial charge in [0.15, 0.2) is 0 Å². The molecule has 0 N–H and O–H groups in total. The van der Waals surface area contributed by atoms with Crippen LogP contribution < -0.4 is 4.84 Å². The van der Waals surface area contributed by atoms with E-state index in [1.165, 1.54) is 4.73 Å². The molecule has 1 rings (SSSR count). The van der Waals surface area contributed by atoms with Crippen molar-refractivity contribution in [2.45, 2.75) is 13.3 Å². The Morgan fingerprint density at radius 3 is 3.00 bits per heavy atom. The Labute approximate surface area is 99.6 Å². The molecule has 0 amide bonds. The van der Waals surface area contributed by atoms with Crippen LogP contribution >= 0.6 is 12.2 Å². The van der Waals surface area contributed by atoms with Crippen LogP contribution in [0.3, 0.4) is 0 Å². The third-order valence-corrected chi connectivity index (χ3v) is 1.99. The first-order valence-electron chi connectivity index (χ1n) is 4.80. The topological polar surface area (TPSA) is 31.2 Å². The van der Waals surface area contributed by atoms with E-state index in [0.717, 1.165) is 5.57 Å². The molecule has 4 heteroatoms. The number of rotatable bonds is 4. The summed E-state index contributed by atoms with van der Waals surface area (Å²) in [5.74, 6) is -0.361. The highest BCUT2D eigenvalue weighted by Gasteiger charge is 2.01. The number of hydrogen-bond donors (Lipinski definition) is 0. The van der Waals surface area contributed by atoms with Gasteiger partial charge in [0.2, 0.25) is 0 Å². The van der Waals surface area contributed by atoms with Crippen molar-refractivity contribution in [1.29, 1.82) is 0 Å². The van der Waals surface area contributed by atoms with E-state index in [2.05, 4.69) is 6.58 Å². The number of carbonyl (C=O) groups is 1. The molecule has 0 radical (unpaired) electrons. The molecule has 1 aromatic heterocycles. The molecule has 84 valence electrons. The van der Waals surface area contributed by atoms with Crippen molar-refractivity contribution in [3.05, 3.63) is 53.3 Å². The summed E-state index contributed by atoms with van der Waals surface area (Å²) in [6.07, 6.45) is 5.27. The summed E-state index contributed by atoms with van der Waals surface area (Å²) in [6, 6.07) is 5.22. The number of carbonyl (C=O) groups excluding carboxylic acids is 1. The highest BCUT2D eigenvalue weighted by atomic mass is 32.1. The lowest BCUT2D eigenvalue weighted by Gasteiger charge is -2.04. The van der Waals surface area contributed by atoms with Crippen LogP contribution in [0.1, 0.15) is 13.3 Å². The van der Waals surface area contributed by atoms with Crippen molar-refractivity contribution >= 4 is 18.2 Å². The van der Waals surface area contributed by atoms with Gasteiger partial charge in [0, 0.05) is 6.20 Å². The summed E-state index contributed by atoms with van der Waals surface area (Å²) >= 11 is 4.98. The molecule has 0 spiro atoms. The predicted molar refractivity (Wildman–Crippen MR) is 65.4 cm³/mol. The van der Waals surface area contributed by atoms with Crippen LogP contribution in [0.15, 0.2) is 48.7 Å². The third-order valence-electron chi connectivity index (χ3n) is 1.68. The number of pyridine rings is 1. The van der Waals surface area contributed by atoms with Crippen molar-refractivity contribution in [3.8, 4) is 0 Å². The van der Waals surface area contributed by atoms with Crippen LogP contribution in [0.2, 0.25) is 0 Å². The zero-order chi connectivity index (χ0) is 12.0. The van der Waals surface area contributed by atoms with Crippen molar-refractivity contribution in [3.63, 3.8) is 0 Å². The molecule has 0 saturated heterocycles. The fraction of sp³-hybridized carbons (Fsp3) is 0.167. The molecule has 0 unspecified atom stereocenters. The summed E-state index contributed by atoms with van der Waals surface area (Å²) in [5.41, 5.74) is 0.893. The Morgan fingerprint density at radius 2 is 2.38 bits per heavy atom. The second-order valence-corrected chi connectivity index (χ2v) is 3.70. The summed E-state index contributed by atoms with van der Waals surface area (Å²) in [4.78, 5) is 16.4. The zero-order valence-corrected chi connectivity index (χ0v) is 9.87. The summed E-state index contributed by atoms with van der Waals surface area (Å²) in [7, 11) is 0. The molecule has 0 atom stereocenters. The van der Waals surface area contributed by atoms with Crippen LogP contribution in [-0.4, -0.2) is 10.7 Å². The predicted octanol–water partition coefficient (Wildman–Crippen LogP) is 2.70. The van der Waals surface area contributed by atoms with Gasteiger partial charge in [0.1, 0.15) is 4.64 Å². The van der Waals surface area contributed by atoms with E-state index >= 15 is 0 Å². The van der Waals surface area contributed by atoms with Crippen molar-refractivity contribution in [2.75, 3.05) is 0 Å². The fourth-order valence-electron chi connectivity index (χ4n) is 0.991. The van der Waals surface area contributed by atoms with Gasteiger partial charge in [-0.15, -0.1) is 0 Å². The first kappa shape index (κ1) is 12.4. The summed E-state index contributed by atoms with van der Waals surface area (Å²) < 4.78 is 1.73. The maximum atomic E-state index is 11.4. The SMILES string of the molecule is C=C(C)/C=C/CC(=O)On1ccccc1=S. The maximum Gasteiger partial charge on any atom is 0.336 e. The second kappa shape index (κ2) is 6.02. The highest BCUT2D eigenvalue weighted by Crippen LogP contribution is 1.95.